The van der Waals surface area contributed by atoms with Crippen molar-refractivity contribution >= 4 is 76.6 Å². The lowest BCUT2D eigenvalue weighted by Crippen LogP contribution is -2.47. The van der Waals surface area contributed by atoms with Crippen LogP contribution in [0, 0.1) is 0 Å². The van der Waals surface area contributed by atoms with E-state index < -0.39 is 35.3 Å². The number of piperazine rings is 2. The molecule has 2 N–H and O–H groups in total. The van der Waals surface area contributed by atoms with E-state index in [0.717, 1.165) is 46.9 Å². The van der Waals surface area contributed by atoms with Gasteiger partial charge in [0.25, 0.3) is 0 Å². The molecule has 0 radical (unpaired) electrons. The molecule has 0 unspecified atom stereocenters. The average molecular weight is 763 g/mol. The number of hydrogen-bond donors (Lipinski definition) is 2. The maximum absolute atomic E-state index is 13.8. The molecule has 0 aliphatic carbocycles. The number of carbonyl (C=O) groups excluding carboxylic acids is 2. The van der Waals surface area contributed by atoms with Crippen LogP contribution in [0.1, 0.15) is 11.1 Å². The molecule has 4 heterocycles. The molecule has 52 heavy (non-hydrogen) atoms. The Bertz CT molecular complexity index is 1900. The number of nitrogens with one attached hydrogen (secondary N) is 2. The average Bonchev–Trinajstić information content (AvgIpc) is 3.70. The number of fused-ring (bicyclic) bond motifs is 2. The first kappa shape index (κ1) is 36.2. The summed E-state index contributed by atoms with van der Waals surface area (Å²) < 4.78 is 83.5. The Morgan fingerprint density at radius 3 is 1.42 bits per heavy atom. The summed E-state index contributed by atoms with van der Waals surface area (Å²) in [5.41, 5.74) is -0.935. The maximum atomic E-state index is 13.8. The lowest BCUT2D eigenvalue weighted by Gasteiger charge is -2.29. The van der Waals surface area contributed by atoms with Gasteiger partial charge in [-0.25, -0.2) is 9.97 Å². The first-order chi connectivity index (χ1) is 24.8. The number of alkyl halides is 6. The number of carbonyl (C=O) groups is 2. The fraction of sp³-hybridized carbons (Fsp3) is 0.353. The Morgan fingerprint density at radius 1 is 0.635 bits per heavy atom. The van der Waals surface area contributed by atoms with Crippen LogP contribution in [0.2, 0.25) is 0 Å². The van der Waals surface area contributed by atoms with Gasteiger partial charge in [0, 0.05) is 52.4 Å². The number of benzene rings is 3. The number of halogens is 6. The molecule has 2 amide bonds. The fourth-order valence-corrected chi connectivity index (χ4v) is 8.27. The van der Waals surface area contributed by atoms with Crippen LogP contribution >= 0.6 is 22.7 Å². The highest BCUT2D eigenvalue weighted by atomic mass is 32.1. The summed E-state index contributed by atoms with van der Waals surface area (Å²) in [6.45, 7) is 5.05. The largest absolute Gasteiger partial charge is 0.416 e. The first-order valence-electron chi connectivity index (χ1n) is 16.4. The van der Waals surface area contributed by atoms with Crippen LogP contribution in [0.3, 0.4) is 0 Å². The SMILES string of the molecule is O=C(CN1CCNCC1)N(c1cccc(C(F)(F)F)c1)c1nc2cc3nc(N(C(=O)CN4CCNCC4)c4cccc(C(F)(F)F)c4)sc3cc2s1. The zero-order valence-corrected chi connectivity index (χ0v) is 29.1. The summed E-state index contributed by atoms with van der Waals surface area (Å²) in [5.74, 6) is -0.885. The summed E-state index contributed by atoms with van der Waals surface area (Å²) in [4.78, 5) is 43.2. The molecule has 2 aromatic heterocycles. The van der Waals surface area contributed by atoms with Crippen molar-refractivity contribution in [2.24, 2.45) is 0 Å². The van der Waals surface area contributed by atoms with Gasteiger partial charge in [-0.2, -0.15) is 26.3 Å². The molecule has 2 aliphatic rings. The van der Waals surface area contributed by atoms with Crippen molar-refractivity contribution in [2.75, 3.05) is 75.2 Å². The number of thiazole rings is 2. The molecule has 18 heteroatoms. The molecule has 7 rings (SSSR count). The number of amides is 2. The molecule has 5 aromatic rings. The molecular weight excluding hydrogens is 731 g/mol. The van der Waals surface area contributed by atoms with Gasteiger partial charge in [0.15, 0.2) is 10.3 Å². The van der Waals surface area contributed by atoms with Crippen molar-refractivity contribution in [3.8, 4) is 0 Å². The molecule has 10 nitrogen and oxygen atoms in total. The second-order valence-corrected chi connectivity index (χ2v) is 14.4. The van der Waals surface area contributed by atoms with Crippen LogP contribution in [-0.2, 0) is 21.9 Å². The Hall–Kier alpha value is -4.20. The Morgan fingerprint density at radius 2 is 1.04 bits per heavy atom. The van der Waals surface area contributed by atoms with Crippen LogP contribution in [-0.4, -0.2) is 97.0 Å². The van der Waals surface area contributed by atoms with Crippen molar-refractivity contribution in [1.29, 1.82) is 0 Å². The monoisotopic (exact) mass is 762 g/mol. The number of rotatable bonds is 8. The summed E-state index contributed by atoms with van der Waals surface area (Å²) in [5, 5.41) is 6.76. The number of aromatic nitrogens is 2. The third-order valence-corrected chi connectivity index (χ3v) is 10.8. The molecule has 274 valence electrons. The highest BCUT2D eigenvalue weighted by Crippen LogP contribution is 2.41. The van der Waals surface area contributed by atoms with Crippen molar-refractivity contribution in [3.63, 3.8) is 0 Å². The van der Waals surface area contributed by atoms with Gasteiger partial charge in [0.1, 0.15) is 0 Å². The standard InChI is InChI=1S/C34H32F6N8O2S2/c35-33(36,37)21-3-1-5-23(15-21)47(29(49)19-45-11-7-41-8-12-45)31-43-25-17-26-28(18-27(25)51-31)52-32(44-26)48(30(50)20-46-13-9-42-10-14-46)24-6-2-4-22(16-24)34(38,39)40/h1-6,15-18,41-42H,7-14,19-20H2. The highest BCUT2D eigenvalue weighted by Gasteiger charge is 2.34. The van der Waals surface area contributed by atoms with Gasteiger partial charge in [-0.15, -0.1) is 0 Å². The molecule has 2 aliphatic heterocycles. The third kappa shape index (κ3) is 7.91. The Balaban J connectivity index is 1.26. The van der Waals surface area contributed by atoms with Crippen LogP contribution in [0.4, 0.5) is 48.0 Å². The van der Waals surface area contributed by atoms with Gasteiger partial charge < -0.3 is 10.6 Å². The highest BCUT2D eigenvalue weighted by molar-refractivity contribution is 7.24. The van der Waals surface area contributed by atoms with E-state index in [4.69, 9.17) is 0 Å². The quantitative estimate of drug-likeness (QED) is 0.184. The van der Waals surface area contributed by atoms with Gasteiger partial charge in [-0.3, -0.25) is 29.2 Å². The number of hydrogen-bond acceptors (Lipinski definition) is 10. The van der Waals surface area contributed by atoms with Gasteiger partial charge in [0.05, 0.1) is 56.0 Å². The van der Waals surface area contributed by atoms with E-state index in [1.807, 2.05) is 9.80 Å². The van der Waals surface area contributed by atoms with E-state index >= 15 is 0 Å². The summed E-state index contributed by atoms with van der Waals surface area (Å²) >= 11 is 2.22. The molecule has 2 saturated heterocycles. The molecule has 2 fully saturated rings. The summed E-state index contributed by atoms with van der Waals surface area (Å²) in [6, 6.07) is 12.5. The van der Waals surface area contributed by atoms with Gasteiger partial charge in [0.2, 0.25) is 11.8 Å². The fourth-order valence-electron chi connectivity index (χ4n) is 6.14. The van der Waals surface area contributed by atoms with Crippen molar-refractivity contribution < 1.29 is 35.9 Å². The molecule has 0 saturated carbocycles. The van der Waals surface area contributed by atoms with E-state index in [9.17, 15) is 35.9 Å². The molecule has 0 atom stereocenters. The zero-order valence-electron chi connectivity index (χ0n) is 27.4. The van der Waals surface area contributed by atoms with Crippen molar-refractivity contribution in [1.82, 2.24) is 30.4 Å². The molecule has 3 aromatic carbocycles. The molecular formula is C34H32F6N8O2S2. The minimum Gasteiger partial charge on any atom is -0.314 e. The summed E-state index contributed by atoms with van der Waals surface area (Å²) in [6.07, 6.45) is -9.25. The second-order valence-electron chi connectivity index (χ2n) is 12.4. The predicted molar refractivity (Wildman–Crippen MR) is 189 cm³/mol. The van der Waals surface area contributed by atoms with E-state index in [1.165, 1.54) is 34.1 Å². The van der Waals surface area contributed by atoms with Crippen LogP contribution < -0.4 is 20.4 Å². The lowest BCUT2D eigenvalue weighted by molar-refractivity contribution is -0.138. The number of nitrogens with zero attached hydrogens (tertiary/aromatic N) is 6. The Labute approximate surface area is 301 Å². The summed E-state index contributed by atoms with van der Waals surface area (Å²) in [7, 11) is 0. The van der Waals surface area contributed by atoms with E-state index in [1.54, 1.807) is 12.1 Å². The minimum absolute atomic E-state index is 0.0240. The van der Waals surface area contributed by atoms with Crippen LogP contribution in [0.15, 0.2) is 60.7 Å². The topological polar surface area (TPSA) is 96.9 Å². The normalized spacial score (nSPS) is 16.4. The number of anilines is 4. The van der Waals surface area contributed by atoms with E-state index in [2.05, 4.69) is 20.6 Å². The lowest BCUT2D eigenvalue weighted by atomic mass is 10.2. The van der Waals surface area contributed by atoms with Gasteiger partial charge in [-0.05, 0) is 48.5 Å². The zero-order chi connectivity index (χ0) is 36.6. The van der Waals surface area contributed by atoms with Crippen molar-refractivity contribution in [3.05, 3.63) is 71.8 Å². The first-order valence-corrected chi connectivity index (χ1v) is 18.0. The smallest absolute Gasteiger partial charge is 0.314 e. The van der Waals surface area contributed by atoms with Gasteiger partial charge in [-0.1, -0.05) is 34.8 Å². The molecule has 0 bridgehead atoms. The van der Waals surface area contributed by atoms with E-state index in [-0.39, 0.29) is 34.7 Å². The minimum atomic E-state index is -4.63. The maximum Gasteiger partial charge on any atom is 0.416 e. The Kier molecular flexibility index (Phi) is 10.2. The van der Waals surface area contributed by atoms with Crippen molar-refractivity contribution in [2.45, 2.75) is 12.4 Å². The van der Waals surface area contributed by atoms with E-state index in [0.29, 0.717) is 72.8 Å². The second kappa shape index (κ2) is 14.7. The van der Waals surface area contributed by atoms with Crippen LogP contribution in [0.25, 0.3) is 20.4 Å². The predicted octanol–water partition coefficient (Wildman–Crippen LogP) is 6.08. The third-order valence-electron chi connectivity index (χ3n) is 8.76. The van der Waals surface area contributed by atoms with Crippen LogP contribution in [0.5, 0.6) is 0 Å². The molecule has 0 spiro atoms. The van der Waals surface area contributed by atoms with Gasteiger partial charge >= 0.3 is 12.4 Å².